The lowest BCUT2D eigenvalue weighted by molar-refractivity contribution is -0.562. The Kier molecular flexibility index (Phi) is 3.56. The summed E-state index contributed by atoms with van der Waals surface area (Å²) in [6.45, 7) is -2.48. The second kappa shape index (κ2) is 4.17. The summed E-state index contributed by atoms with van der Waals surface area (Å²) in [5.74, 6) is 0. The number of alkyl halides is 8. The Balaban J connectivity index is 3.20. The van der Waals surface area contributed by atoms with Crippen molar-refractivity contribution in [3.05, 3.63) is 0 Å². The van der Waals surface area contributed by atoms with Crippen LogP contribution in [0.5, 0.6) is 0 Å². The Labute approximate surface area is 94.9 Å². The molecule has 3 nitrogen and oxygen atoms in total. The van der Waals surface area contributed by atoms with Gasteiger partial charge in [-0.1, -0.05) is 0 Å². The molecule has 108 valence electrons. The van der Waals surface area contributed by atoms with E-state index in [2.05, 4.69) is 4.74 Å². The Morgan fingerprint density at radius 2 is 1.22 bits per heavy atom. The molecule has 0 unspecified atom stereocenters. The number of hydrogen-bond donors (Lipinski definition) is 1. The summed E-state index contributed by atoms with van der Waals surface area (Å²) >= 11 is 0. The van der Waals surface area contributed by atoms with Gasteiger partial charge in [-0.2, -0.15) is 40.0 Å². The fourth-order valence-corrected chi connectivity index (χ4v) is 1.28. The van der Waals surface area contributed by atoms with Crippen LogP contribution < -0.4 is 0 Å². The van der Waals surface area contributed by atoms with E-state index in [-0.39, 0.29) is 0 Å². The minimum absolute atomic E-state index is 0.822. The molecular weight excluding hydrogens is 282 g/mol. The zero-order chi connectivity index (χ0) is 14.4. The van der Waals surface area contributed by atoms with Gasteiger partial charge in [-0.15, -0.1) is 0 Å². The normalized spacial score (nSPS) is 29.2. The third-order valence-corrected chi connectivity index (χ3v) is 2.17. The molecule has 0 amide bonds. The van der Waals surface area contributed by atoms with Crippen LogP contribution in [-0.4, -0.2) is 47.5 Å². The monoisotopic (exact) mass is 289 g/mol. The standard InChI is InChI=1S/C7H7F8NO2/c8-4(9)6(12,13)18-7(14,15)5(10,11)16(4)2-1-3-17/h17H,1-3H2. The van der Waals surface area contributed by atoms with Crippen LogP contribution in [0.15, 0.2) is 0 Å². The van der Waals surface area contributed by atoms with Gasteiger partial charge in [0.2, 0.25) is 0 Å². The number of halogens is 8. The molecule has 1 rings (SSSR count). The highest BCUT2D eigenvalue weighted by Crippen LogP contribution is 2.55. The third kappa shape index (κ3) is 2.03. The fourth-order valence-electron chi connectivity index (χ4n) is 1.28. The Hall–Kier alpha value is -0.680. The lowest BCUT2D eigenvalue weighted by Gasteiger charge is -2.47. The number of nitrogens with zero attached hydrogens (tertiary/aromatic N) is 1. The lowest BCUT2D eigenvalue weighted by atomic mass is 10.2. The van der Waals surface area contributed by atoms with Crippen molar-refractivity contribution in [2.24, 2.45) is 0 Å². The second-order valence-corrected chi connectivity index (χ2v) is 3.45. The molecule has 0 radical (unpaired) electrons. The van der Waals surface area contributed by atoms with Crippen molar-refractivity contribution in [1.29, 1.82) is 0 Å². The molecular formula is C7H7F8NO2. The smallest absolute Gasteiger partial charge is 0.396 e. The molecule has 1 heterocycles. The highest BCUT2D eigenvalue weighted by Gasteiger charge is 2.82. The zero-order valence-corrected chi connectivity index (χ0v) is 8.45. The molecule has 18 heavy (non-hydrogen) atoms. The van der Waals surface area contributed by atoms with Crippen molar-refractivity contribution >= 4 is 0 Å². The van der Waals surface area contributed by atoms with Crippen molar-refractivity contribution in [2.75, 3.05) is 13.2 Å². The summed E-state index contributed by atoms with van der Waals surface area (Å²) in [7, 11) is 0. The van der Waals surface area contributed by atoms with Gasteiger partial charge in [0.15, 0.2) is 0 Å². The van der Waals surface area contributed by atoms with Gasteiger partial charge < -0.3 is 5.11 Å². The topological polar surface area (TPSA) is 32.7 Å². The van der Waals surface area contributed by atoms with Crippen molar-refractivity contribution in [3.63, 3.8) is 0 Å². The van der Waals surface area contributed by atoms with Gasteiger partial charge in [0.05, 0.1) is 0 Å². The van der Waals surface area contributed by atoms with Gasteiger partial charge in [0.25, 0.3) is 0 Å². The number of aliphatic hydroxyl groups is 1. The largest absolute Gasteiger partial charge is 0.439 e. The van der Waals surface area contributed by atoms with Crippen molar-refractivity contribution in [3.8, 4) is 0 Å². The Morgan fingerprint density at radius 1 is 0.833 bits per heavy atom. The molecule has 0 spiro atoms. The highest BCUT2D eigenvalue weighted by atomic mass is 19.4. The number of hydrogen-bond acceptors (Lipinski definition) is 3. The summed E-state index contributed by atoms with van der Waals surface area (Å²) in [5, 5.41) is 8.27. The number of rotatable bonds is 3. The van der Waals surface area contributed by atoms with Crippen LogP contribution in [0.25, 0.3) is 0 Å². The summed E-state index contributed by atoms with van der Waals surface area (Å²) in [4.78, 5) is -1.67. The van der Waals surface area contributed by atoms with Gasteiger partial charge in [-0.25, -0.2) is 4.74 Å². The zero-order valence-electron chi connectivity index (χ0n) is 8.45. The van der Waals surface area contributed by atoms with E-state index < -0.39 is 48.8 Å². The quantitative estimate of drug-likeness (QED) is 0.638. The molecule has 1 fully saturated rings. The molecule has 1 aliphatic heterocycles. The predicted molar refractivity (Wildman–Crippen MR) is 39.3 cm³/mol. The molecule has 0 saturated carbocycles. The average molecular weight is 289 g/mol. The van der Waals surface area contributed by atoms with Gasteiger partial charge >= 0.3 is 24.3 Å². The van der Waals surface area contributed by atoms with E-state index in [4.69, 9.17) is 5.11 Å². The summed E-state index contributed by atoms with van der Waals surface area (Å²) in [5.41, 5.74) is 0. The molecule has 1 saturated heterocycles. The van der Waals surface area contributed by atoms with Gasteiger partial charge in [-0.3, -0.25) is 0 Å². The lowest BCUT2D eigenvalue weighted by Crippen LogP contribution is -2.74. The first-order valence-corrected chi connectivity index (χ1v) is 4.50. The average Bonchev–Trinajstić information content (AvgIpc) is 2.13. The Morgan fingerprint density at radius 3 is 1.56 bits per heavy atom. The Bertz CT molecular complexity index is 295. The number of morpholine rings is 1. The molecule has 0 aromatic heterocycles. The first-order valence-electron chi connectivity index (χ1n) is 4.50. The van der Waals surface area contributed by atoms with Crippen LogP contribution in [-0.2, 0) is 4.74 Å². The maximum atomic E-state index is 13.0. The van der Waals surface area contributed by atoms with Gasteiger partial charge in [0, 0.05) is 13.2 Å². The summed E-state index contributed by atoms with van der Waals surface area (Å²) in [6, 6.07) is -11.3. The van der Waals surface area contributed by atoms with Crippen LogP contribution in [0.2, 0.25) is 0 Å². The molecule has 0 aromatic carbocycles. The van der Waals surface area contributed by atoms with Crippen LogP contribution in [0.4, 0.5) is 35.1 Å². The summed E-state index contributed by atoms with van der Waals surface area (Å²) < 4.78 is 105. The minimum Gasteiger partial charge on any atom is -0.396 e. The second-order valence-electron chi connectivity index (χ2n) is 3.45. The van der Waals surface area contributed by atoms with Crippen molar-refractivity contribution in [2.45, 2.75) is 30.7 Å². The maximum absolute atomic E-state index is 13.0. The van der Waals surface area contributed by atoms with Crippen LogP contribution >= 0.6 is 0 Å². The molecule has 1 N–H and O–H groups in total. The molecule has 0 aliphatic carbocycles. The van der Waals surface area contributed by atoms with Crippen molar-refractivity contribution in [1.82, 2.24) is 4.90 Å². The summed E-state index contributed by atoms with van der Waals surface area (Å²) in [6.07, 6.45) is -12.4. The first-order chi connectivity index (χ1) is 7.90. The fraction of sp³-hybridized carbons (Fsp3) is 1.00. The van der Waals surface area contributed by atoms with E-state index in [1.165, 1.54) is 0 Å². The maximum Gasteiger partial charge on any atom is 0.439 e. The molecule has 0 atom stereocenters. The molecule has 11 heteroatoms. The molecule has 0 bridgehead atoms. The van der Waals surface area contributed by atoms with Crippen molar-refractivity contribution < 1.29 is 45.0 Å². The number of aliphatic hydroxyl groups excluding tert-OH is 1. The van der Waals surface area contributed by atoms with E-state index >= 15 is 0 Å². The van der Waals surface area contributed by atoms with E-state index in [0.717, 1.165) is 0 Å². The van der Waals surface area contributed by atoms with E-state index in [1.807, 2.05) is 0 Å². The SMILES string of the molecule is OCCCN1C(F)(F)C(F)(F)OC(F)(F)C1(F)F. The van der Waals surface area contributed by atoms with E-state index in [1.54, 1.807) is 0 Å². The number of ether oxygens (including phenoxy) is 1. The van der Waals surface area contributed by atoms with Crippen LogP contribution in [0.3, 0.4) is 0 Å². The predicted octanol–water partition coefficient (Wildman–Crippen LogP) is 2.07. The van der Waals surface area contributed by atoms with Crippen LogP contribution in [0, 0.1) is 0 Å². The van der Waals surface area contributed by atoms with Crippen LogP contribution in [0.1, 0.15) is 6.42 Å². The van der Waals surface area contributed by atoms with E-state index in [9.17, 15) is 35.1 Å². The highest BCUT2D eigenvalue weighted by molar-refractivity contribution is 4.94. The third-order valence-electron chi connectivity index (χ3n) is 2.17. The van der Waals surface area contributed by atoms with E-state index in [0.29, 0.717) is 0 Å². The first kappa shape index (κ1) is 15.4. The minimum atomic E-state index is -5.78. The molecule has 0 aromatic rings. The van der Waals surface area contributed by atoms with Gasteiger partial charge in [0.1, 0.15) is 0 Å². The molecule has 1 aliphatic rings. The van der Waals surface area contributed by atoms with Gasteiger partial charge in [-0.05, 0) is 6.42 Å².